The standard InChI is InChI=1S/C13H24N2S2/c1-10(8-16-5)6-14-7-12-15-11(9-17-12)13(2,3)4/h9-10,14H,6-8H2,1-5H3. The van der Waals surface area contributed by atoms with Crippen LogP contribution in [-0.2, 0) is 12.0 Å². The lowest BCUT2D eigenvalue weighted by Gasteiger charge is -2.14. The fourth-order valence-electron chi connectivity index (χ4n) is 1.51. The number of nitrogens with one attached hydrogen (secondary N) is 1. The monoisotopic (exact) mass is 272 g/mol. The second-order valence-corrected chi connectivity index (χ2v) is 7.42. The van der Waals surface area contributed by atoms with Crippen molar-refractivity contribution in [1.29, 1.82) is 0 Å². The average molecular weight is 272 g/mol. The molecule has 1 rings (SSSR count). The van der Waals surface area contributed by atoms with E-state index in [4.69, 9.17) is 0 Å². The molecule has 0 aromatic carbocycles. The number of rotatable bonds is 6. The molecule has 0 fully saturated rings. The predicted octanol–water partition coefficient (Wildman–Crippen LogP) is 3.53. The molecule has 1 N–H and O–H groups in total. The van der Waals surface area contributed by atoms with Gasteiger partial charge in [0.05, 0.1) is 5.69 Å². The Morgan fingerprint density at radius 1 is 1.47 bits per heavy atom. The fraction of sp³-hybridized carbons (Fsp3) is 0.769. The van der Waals surface area contributed by atoms with Gasteiger partial charge in [0, 0.05) is 17.3 Å². The van der Waals surface area contributed by atoms with E-state index in [1.54, 1.807) is 11.3 Å². The molecule has 0 radical (unpaired) electrons. The Morgan fingerprint density at radius 2 is 2.18 bits per heavy atom. The quantitative estimate of drug-likeness (QED) is 0.857. The highest BCUT2D eigenvalue weighted by Gasteiger charge is 2.17. The third kappa shape index (κ3) is 5.40. The van der Waals surface area contributed by atoms with E-state index in [1.807, 2.05) is 11.8 Å². The van der Waals surface area contributed by atoms with Crippen molar-refractivity contribution in [2.24, 2.45) is 5.92 Å². The van der Waals surface area contributed by atoms with Crippen molar-refractivity contribution >= 4 is 23.1 Å². The van der Waals surface area contributed by atoms with Crippen LogP contribution in [-0.4, -0.2) is 23.5 Å². The van der Waals surface area contributed by atoms with Gasteiger partial charge in [-0.15, -0.1) is 11.3 Å². The number of thiazole rings is 1. The molecule has 2 nitrogen and oxygen atoms in total. The first-order valence-corrected chi connectivity index (χ1v) is 8.35. The van der Waals surface area contributed by atoms with Gasteiger partial charge in [-0.2, -0.15) is 11.8 Å². The SMILES string of the molecule is CSCC(C)CNCc1nc(C(C)(C)C)cs1. The topological polar surface area (TPSA) is 24.9 Å². The zero-order valence-electron chi connectivity index (χ0n) is 11.5. The zero-order chi connectivity index (χ0) is 12.9. The van der Waals surface area contributed by atoms with Crippen molar-refractivity contribution < 1.29 is 0 Å². The number of thioether (sulfide) groups is 1. The maximum absolute atomic E-state index is 4.68. The highest BCUT2D eigenvalue weighted by Crippen LogP contribution is 2.23. The normalized spacial score (nSPS) is 13.9. The molecule has 0 aliphatic heterocycles. The Kier molecular flexibility index (Phi) is 5.97. The van der Waals surface area contributed by atoms with Crippen molar-refractivity contribution in [1.82, 2.24) is 10.3 Å². The molecule has 1 aromatic heterocycles. The number of hydrogen-bond donors (Lipinski definition) is 1. The highest BCUT2D eigenvalue weighted by atomic mass is 32.2. The van der Waals surface area contributed by atoms with Crippen molar-refractivity contribution in [2.75, 3.05) is 18.6 Å². The van der Waals surface area contributed by atoms with E-state index in [0.717, 1.165) is 19.0 Å². The predicted molar refractivity (Wildman–Crippen MR) is 80.1 cm³/mol. The van der Waals surface area contributed by atoms with Gasteiger partial charge in [0.25, 0.3) is 0 Å². The summed E-state index contributed by atoms with van der Waals surface area (Å²) in [5.41, 5.74) is 1.37. The van der Waals surface area contributed by atoms with Gasteiger partial charge in [0.2, 0.25) is 0 Å². The Labute approximate surface area is 114 Å². The molecule has 0 aliphatic carbocycles. The minimum absolute atomic E-state index is 0.168. The average Bonchev–Trinajstić information content (AvgIpc) is 2.66. The minimum atomic E-state index is 0.168. The summed E-state index contributed by atoms with van der Waals surface area (Å²) in [6.45, 7) is 10.9. The molecule has 1 atom stereocenters. The molecule has 0 bridgehead atoms. The molecule has 0 amide bonds. The summed E-state index contributed by atoms with van der Waals surface area (Å²) >= 11 is 3.67. The zero-order valence-corrected chi connectivity index (χ0v) is 13.2. The third-order valence-electron chi connectivity index (χ3n) is 2.54. The van der Waals surface area contributed by atoms with Crippen molar-refractivity contribution in [2.45, 2.75) is 39.7 Å². The van der Waals surface area contributed by atoms with Crippen LogP contribution in [0.1, 0.15) is 38.4 Å². The lowest BCUT2D eigenvalue weighted by molar-refractivity contribution is 0.549. The number of hydrogen-bond acceptors (Lipinski definition) is 4. The largest absolute Gasteiger partial charge is 0.310 e. The summed E-state index contributed by atoms with van der Waals surface area (Å²) in [7, 11) is 0. The summed E-state index contributed by atoms with van der Waals surface area (Å²) < 4.78 is 0. The molecule has 0 saturated heterocycles. The van der Waals surface area contributed by atoms with Crippen LogP contribution in [0.25, 0.3) is 0 Å². The van der Waals surface area contributed by atoms with E-state index in [1.165, 1.54) is 16.5 Å². The van der Waals surface area contributed by atoms with E-state index < -0.39 is 0 Å². The van der Waals surface area contributed by atoms with Crippen LogP contribution in [0.15, 0.2) is 5.38 Å². The van der Waals surface area contributed by atoms with Crippen LogP contribution in [0.3, 0.4) is 0 Å². The van der Waals surface area contributed by atoms with Crippen LogP contribution in [0, 0.1) is 5.92 Å². The van der Waals surface area contributed by atoms with Gasteiger partial charge in [-0.05, 0) is 24.5 Å². The van der Waals surface area contributed by atoms with Gasteiger partial charge in [0.15, 0.2) is 0 Å². The van der Waals surface area contributed by atoms with Crippen molar-refractivity contribution in [3.8, 4) is 0 Å². The third-order valence-corrected chi connectivity index (χ3v) is 4.29. The highest BCUT2D eigenvalue weighted by molar-refractivity contribution is 7.98. The Balaban J connectivity index is 2.35. The van der Waals surface area contributed by atoms with E-state index in [0.29, 0.717) is 0 Å². The number of aromatic nitrogens is 1. The van der Waals surface area contributed by atoms with Gasteiger partial charge in [-0.3, -0.25) is 0 Å². The van der Waals surface area contributed by atoms with Gasteiger partial charge >= 0.3 is 0 Å². The molecular formula is C13H24N2S2. The van der Waals surface area contributed by atoms with Gasteiger partial charge in [0.1, 0.15) is 5.01 Å². The second kappa shape index (κ2) is 6.76. The molecular weight excluding hydrogens is 248 g/mol. The summed E-state index contributed by atoms with van der Waals surface area (Å²) in [6, 6.07) is 0. The summed E-state index contributed by atoms with van der Waals surface area (Å²) in [4.78, 5) is 4.68. The maximum Gasteiger partial charge on any atom is 0.107 e. The second-order valence-electron chi connectivity index (χ2n) is 5.57. The van der Waals surface area contributed by atoms with Crippen LogP contribution >= 0.6 is 23.1 Å². The van der Waals surface area contributed by atoms with Gasteiger partial charge in [-0.1, -0.05) is 27.7 Å². The number of nitrogens with zero attached hydrogens (tertiary/aromatic N) is 1. The summed E-state index contributed by atoms with van der Waals surface area (Å²) in [6.07, 6.45) is 2.16. The molecule has 17 heavy (non-hydrogen) atoms. The molecule has 1 unspecified atom stereocenters. The van der Waals surface area contributed by atoms with Crippen LogP contribution < -0.4 is 5.32 Å². The fourth-order valence-corrected chi connectivity index (χ4v) is 3.18. The smallest absolute Gasteiger partial charge is 0.107 e. The minimum Gasteiger partial charge on any atom is -0.310 e. The van der Waals surface area contributed by atoms with E-state index in [2.05, 4.69) is 49.6 Å². The van der Waals surface area contributed by atoms with Crippen molar-refractivity contribution in [3.05, 3.63) is 16.1 Å². The van der Waals surface area contributed by atoms with E-state index in [9.17, 15) is 0 Å². The molecule has 98 valence electrons. The van der Waals surface area contributed by atoms with Crippen LogP contribution in [0.5, 0.6) is 0 Å². The molecule has 1 heterocycles. The molecule has 0 spiro atoms. The summed E-state index contributed by atoms with van der Waals surface area (Å²) in [5, 5.41) is 6.87. The van der Waals surface area contributed by atoms with E-state index >= 15 is 0 Å². The Morgan fingerprint density at radius 3 is 2.71 bits per heavy atom. The Bertz CT molecular complexity index is 328. The van der Waals surface area contributed by atoms with E-state index in [-0.39, 0.29) is 5.41 Å². The van der Waals surface area contributed by atoms with Crippen LogP contribution in [0.4, 0.5) is 0 Å². The van der Waals surface area contributed by atoms with Crippen LogP contribution in [0.2, 0.25) is 0 Å². The molecule has 1 aromatic rings. The first kappa shape index (κ1) is 15.0. The lowest BCUT2D eigenvalue weighted by Crippen LogP contribution is -2.22. The lowest BCUT2D eigenvalue weighted by atomic mass is 9.93. The van der Waals surface area contributed by atoms with Gasteiger partial charge in [-0.25, -0.2) is 4.98 Å². The summed E-state index contributed by atoms with van der Waals surface area (Å²) in [5.74, 6) is 1.95. The first-order chi connectivity index (χ1) is 7.93. The first-order valence-electron chi connectivity index (χ1n) is 6.08. The molecule has 0 aliphatic rings. The van der Waals surface area contributed by atoms with Crippen molar-refractivity contribution in [3.63, 3.8) is 0 Å². The molecule has 4 heteroatoms. The Hall–Kier alpha value is -0.0600. The molecule has 0 saturated carbocycles. The maximum atomic E-state index is 4.68. The van der Waals surface area contributed by atoms with Gasteiger partial charge < -0.3 is 5.32 Å².